The molecule has 0 atom stereocenters. The highest BCUT2D eigenvalue weighted by Gasteiger charge is 2.46. The zero-order valence-corrected chi connectivity index (χ0v) is 29.0. The molecule has 5 heterocycles. The Balaban J connectivity index is 1.11. The van der Waals surface area contributed by atoms with Gasteiger partial charge in [-0.05, 0) is 43.0 Å². The quantitative estimate of drug-likeness (QED) is 0.133. The molecule has 2 aliphatic rings. The van der Waals surface area contributed by atoms with E-state index in [1.54, 1.807) is 13.1 Å². The minimum Gasteiger partial charge on any atom is -0.491 e. The second-order valence-corrected chi connectivity index (χ2v) is 13.5. The van der Waals surface area contributed by atoms with Gasteiger partial charge in [-0.15, -0.1) is 0 Å². The number of primary amides is 1. The molecule has 2 saturated heterocycles. The van der Waals surface area contributed by atoms with Crippen LogP contribution in [0.1, 0.15) is 49.0 Å². The number of nitrogens with one attached hydrogen (secondary N) is 2. The lowest BCUT2D eigenvalue weighted by atomic mass is 9.73. The van der Waals surface area contributed by atoms with Gasteiger partial charge < -0.3 is 35.5 Å². The number of nitrogens with zero attached hydrogens (tertiary/aromatic N) is 7. The van der Waals surface area contributed by atoms with Crippen LogP contribution in [0.4, 0.5) is 11.9 Å². The average molecular weight is 669 g/mol. The first-order valence-corrected chi connectivity index (χ1v) is 17.1. The van der Waals surface area contributed by atoms with Gasteiger partial charge in [0.05, 0.1) is 17.7 Å². The molecule has 1 spiro atoms. The van der Waals surface area contributed by atoms with Crippen molar-refractivity contribution in [1.82, 2.24) is 33.9 Å². The smallest absolute Gasteiger partial charge is 0.250 e. The fourth-order valence-electron chi connectivity index (χ4n) is 7.27. The zero-order valence-electron chi connectivity index (χ0n) is 29.0. The van der Waals surface area contributed by atoms with Crippen molar-refractivity contribution in [2.45, 2.75) is 46.2 Å². The second-order valence-electron chi connectivity index (χ2n) is 13.5. The number of ether oxygens (including phenoxy) is 1. The molecule has 6 rings (SSSR count). The third-order valence-corrected chi connectivity index (χ3v) is 9.59. The summed E-state index contributed by atoms with van der Waals surface area (Å²) in [6.07, 6.45) is 10.6. The lowest BCUT2D eigenvalue weighted by molar-refractivity contribution is -0.142. The Kier molecular flexibility index (Phi) is 9.91. The summed E-state index contributed by atoms with van der Waals surface area (Å²) in [6, 6.07) is 5.71. The van der Waals surface area contributed by atoms with Gasteiger partial charge in [0.15, 0.2) is 5.65 Å². The number of amides is 2. The van der Waals surface area contributed by atoms with E-state index in [4.69, 9.17) is 15.5 Å². The Labute approximate surface area is 287 Å². The number of fused-ring (bicyclic) bond motifs is 2. The van der Waals surface area contributed by atoms with Crippen molar-refractivity contribution in [1.29, 1.82) is 0 Å². The molecular formula is C36H48N10O3. The summed E-state index contributed by atoms with van der Waals surface area (Å²) in [7, 11) is 3.66. The maximum atomic E-state index is 12.6. The first kappa shape index (κ1) is 34.0. The number of anilines is 2. The largest absolute Gasteiger partial charge is 0.491 e. The molecule has 0 saturated carbocycles. The summed E-state index contributed by atoms with van der Waals surface area (Å²) >= 11 is 0. The number of piperidine rings is 1. The Morgan fingerprint density at radius 2 is 1.76 bits per heavy atom. The van der Waals surface area contributed by atoms with Gasteiger partial charge in [0.2, 0.25) is 23.7 Å². The van der Waals surface area contributed by atoms with E-state index in [-0.39, 0.29) is 17.2 Å². The summed E-state index contributed by atoms with van der Waals surface area (Å²) in [4.78, 5) is 42.7. The van der Waals surface area contributed by atoms with Crippen molar-refractivity contribution in [2.24, 2.45) is 17.1 Å². The zero-order chi connectivity index (χ0) is 34.7. The maximum absolute atomic E-state index is 12.6. The number of hydrogen-bond acceptors (Lipinski definition) is 9. The average Bonchev–Trinajstić information content (AvgIpc) is 3.63. The van der Waals surface area contributed by atoms with Crippen molar-refractivity contribution < 1.29 is 14.3 Å². The SMILES string of the molecule is C=Cc1cc(OCCCN2CC3(CCCN(C(=O)C(C)C)C3)C2)c2c(c1)nc(NC)n2C/C=C/Cn1c(NC)nc2cc(C(N)=O)cnc21. The van der Waals surface area contributed by atoms with E-state index in [1.165, 1.54) is 12.6 Å². The minimum absolute atomic E-state index is 0.0545. The number of aromatic nitrogens is 5. The van der Waals surface area contributed by atoms with Gasteiger partial charge in [-0.3, -0.25) is 14.2 Å². The molecule has 13 heteroatoms. The number of hydrogen-bond donors (Lipinski definition) is 3. The summed E-state index contributed by atoms with van der Waals surface area (Å²) in [5.41, 5.74) is 9.97. The summed E-state index contributed by atoms with van der Waals surface area (Å²) < 4.78 is 10.5. The minimum atomic E-state index is -0.539. The van der Waals surface area contributed by atoms with Gasteiger partial charge in [0.1, 0.15) is 16.8 Å². The first-order chi connectivity index (χ1) is 23.6. The van der Waals surface area contributed by atoms with Crippen LogP contribution in [0.2, 0.25) is 0 Å². The lowest BCUT2D eigenvalue weighted by Crippen LogP contribution is -2.63. The fourth-order valence-corrected chi connectivity index (χ4v) is 7.27. The summed E-state index contributed by atoms with van der Waals surface area (Å²) in [5, 5.41) is 6.34. The highest BCUT2D eigenvalue weighted by atomic mass is 16.5. The number of pyridine rings is 1. The van der Waals surface area contributed by atoms with Crippen molar-refractivity contribution in [3.8, 4) is 5.75 Å². The molecule has 260 valence electrons. The van der Waals surface area contributed by atoms with Crippen LogP contribution in [0.15, 0.2) is 43.1 Å². The number of benzene rings is 1. The van der Waals surface area contributed by atoms with Crippen LogP contribution in [0.5, 0.6) is 5.75 Å². The molecule has 0 bridgehead atoms. The van der Waals surface area contributed by atoms with Crippen molar-refractivity contribution in [2.75, 3.05) is 64.1 Å². The summed E-state index contributed by atoms with van der Waals surface area (Å²) in [6.45, 7) is 14.5. The monoisotopic (exact) mass is 668 g/mol. The van der Waals surface area contributed by atoms with Gasteiger partial charge in [-0.25, -0.2) is 15.0 Å². The van der Waals surface area contributed by atoms with Gasteiger partial charge in [0, 0.05) is 77.4 Å². The molecule has 1 aromatic carbocycles. The number of rotatable bonds is 14. The van der Waals surface area contributed by atoms with Gasteiger partial charge in [-0.2, -0.15) is 0 Å². The predicted molar refractivity (Wildman–Crippen MR) is 194 cm³/mol. The molecule has 0 aliphatic carbocycles. The first-order valence-electron chi connectivity index (χ1n) is 17.1. The van der Waals surface area contributed by atoms with Crippen LogP contribution in [-0.2, 0) is 17.9 Å². The number of carbonyl (C=O) groups excluding carboxylic acids is 2. The van der Waals surface area contributed by atoms with E-state index in [1.807, 2.05) is 43.7 Å². The van der Waals surface area contributed by atoms with Crippen molar-refractivity contribution in [3.05, 3.63) is 54.3 Å². The van der Waals surface area contributed by atoms with Crippen LogP contribution >= 0.6 is 0 Å². The van der Waals surface area contributed by atoms with Crippen LogP contribution < -0.4 is 21.1 Å². The molecule has 49 heavy (non-hydrogen) atoms. The maximum Gasteiger partial charge on any atom is 0.250 e. The van der Waals surface area contributed by atoms with Crippen LogP contribution in [0, 0.1) is 11.3 Å². The molecule has 0 unspecified atom stereocenters. The van der Waals surface area contributed by atoms with Gasteiger partial charge in [0.25, 0.3) is 0 Å². The lowest BCUT2D eigenvalue weighted by Gasteiger charge is -2.55. The number of allylic oxidation sites excluding steroid dienone is 2. The predicted octanol–water partition coefficient (Wildman–Crippen LogP) is 4.21. The van der Waals surface area contributed by atoms with E-state index < -0.39 is 5.91 Å². The van der Waals surface area contributed by atoms with Gasteiger partial charge >= 0.3 is 0 Å². The molecule has 2 fully saturated rings. The normalized spacial score (nSPS) is 16.1. The Bertz CT molecular complexity index is 1880. The Morgan fingerprint density at radius 1 is 1.04 bits per heavy atom. The highest BCUT2D eigenvalue weighted by Crippen LogP contribution is 2.39. The molecule has 0 radical (unpaired) electrons. The third kappa shape index (κ3) is 6.98. The molecule has 4 N–H and O–H groups in total. The molecule has 4 aromatic rings. The fraction of sp³-hybridized carbons (Fsp3) is 0.472. The topological polar surface area (TPSA) is 148 Å². The van der Waals surface area contributed by atoms with Crippen molar-refractivity contribution >= 4 is 52.0 Å². The van der Waals surface area contributed by atoms with Crippen molar-refractivity contribution in [3.63, 3.8) is 0 Å². The molecule has 2 aliphatic heterocycles. The Hall–Kier alpha value is -4.91. The Morgan fingerprint density at radius 3 is 2.45 bits per heavy atom. The van der Waals surface area contributed by atoms with Crippen LogP contribution in [0.25, 0.3) is 28.3 Å². The highest BCUT2D eigenvalue weighted by molar-refractivity contribution is 5.95. The molecular weight excluding hydrogens is 620 g/mol. The van der Waals surface area contributed by atoms with Gasteiger partial charge in [-0.1, -0.05) is 38.7 Å². The molecule has 2 amide bonds. The van der Waals surface area contributed by atoms with Crippen LogP contribution in [0.3, 0.4) is 0 Å². The number of imidazole rings is 2. The number of carbonyl (C=O) groups is 2. The van der Waals surface area contributed by atoms with E-state index >= 15 is 0 Å². The second kappa shape index (κ2) is 14.3. The molecule has 13 nitrogen and oxygen atoms in total. The van der Waals surface area contributed by atoms with E-state index in [0.717, 1.165) is 73.9 Å². The summed E-state index contributed by atoms with van der Waals surface area (Å²) in [5.74, 6) is 1.95. The standard InChI is InChI=1S/C36H48N10O3/c1-6-25-17-27-30(29(18-25)49-16-10-12-43-21-36(22-43)11-9-13-44(23-36)33(48)24(2)3)45(34(38-4)41-27)14-7-8-15-46-32-28(42-35(46)39-5)19-26(20-40-32)31(37)47/h6-8,17-20,24H,1,9-16,21-23H2,2-5H3,(H2,37,47)(H,38,41)(H,39,42)/b8-7+. The number of nitrogens with two attached hydrogens (primary N) is 1. The van der Waals surface area contributed by atoms with E-state index in [0.29, 0.717) is 42.4 Å². The number of likely N-dealkylation sites (tertiary alicyclic amines) is 2. The third-order valence-electron chi connectivity index (χ3n) is 9.59. The molecule has 3 aromatic heterocycles. The van der Waals surface area contributed by atoms with E-state index in [9.17, 15) is 9.59 Å². The van der Waals surface area contributed by atoms with E-state index in [2.05, 4.69) is 53.7 Å². The van der Waals surface area contributed by atoms with Crippen LogP contribution in [-0.4, -0.2) is 99.1 Å².